The number of aliphatic hydroxyl groups excluding tert-OH is 1. The molecule has 1 aromatic rings. The molecule has 5 heteroatoms. The molecule has 0 saturated heterocycles. The molecule has 4 nitrogen and oxygen atoms in total. The largest absolute Gasteiger partial charge is 0.484 e. The fourth-order valence-electron chi connectivity index (χ4n) is 1.88. The van der Waals surface area contributed by atoms with Gasteiger partial charge in [0.25, 0.3) is 5.91 Å². The van der Waals surface area contributed by atoms with E-state index in [-0.39, 0.29) is 18.6 Å². The Labute approximate surface area is 111 Å². The van der Waals surface area contributed by atoms with Gasteiger partial charge in [-0.3, -0.25) is 4.79 Å². The van der Waals surface area contributed by atoms with Crippen molar-refractivity contribution in [2.24, 2.45) is 5.92 Å². The number of rotatable bonds is 5. The van der Waals surface area contributed by atoms with Crippen LogP contribution in [0.15, 0.2) is 24.3 Å². The molecule has 1 aliphatic rings. The first-order valence-electron chi connectivity index (χ1n) is 5.96. The molecule has 0 atom stereocenters. The summed E-state index contributed by atoms with van der Waals surface area (Å²) in [6, 6.07) is 6.93. The van der Waals surface area contributed by atoms with E-state index in [1.54, 1.807) is 24.3 Å². The Kier molecular flexibility index (Phi) is 4.44. The number of carbonyl (C=O) groups is 1. The molecule has 18 heavy (non-hydrogen) atoms. The highest BCUT2D eigenvalue weighted by Gasteiger charge is 2.27. The van der Waals surface area contributed by atoms with E-state index in [0.29, 0.717) is 23.2 Å². The zero-order valence-electron chi connectivity index (χ0n) is 9.93. The zero-order valence-corrected chi connectivity index (χ0v) is 10.7. The second-order valence-electron chi connectivity index (χ2n) is 4.54. The Morgan fingerprint density at radius 1 is 1.50 bits per heavy atom. The standard InChI is InChI=1S/C13H16ClNO3/c14-10-2-1-3-12(6-10)18-8-13(17)15-7-9-4-11(16)5-9/h1-3,6,9,11,16H,4-5,7-8H2,(H,15,17). The van der Waals surface area contributed by atoms with Crippen molar-refractivity contribution in [3.8, 4) is 5.75 Å². The molecule has 0 spiro atoms. The highest BCUT2D eigenvalue weighted by molar-refractivity contribution is 6.30. The highest BCUT2D eigenvalue weighted by atomic mass is 35.5. The third-order valence-corrected chi connectivity index (χ3v) is 3.20. The van der Waals surface area contributed by atoms with Crippen LogP contribution in [0.1, 0.15) is 12.8 Å². The number of amides is 1. The van der Waals surface area contributed by atoms with Crippen molar-refractivity contribution in [3.63, 3.8) is 0 Å². The molecular weight excluding hydrogens is 254 g/mol. The first-order chi connectivity index (χ1) is 8.63. The van der Waals surface area contributed by atoms with Crippen LogP contribution >= 0.6 is 11.6 Å². The van der Waals surface area contributed by atoms with Gasteiger partial charge in [-0.1, -0.05) is 17.7 Å². The smallest absolute Gasteiger partial charge is 0.257 e. The van der Waals surface area contributed by atoms with Crippen LogP contribution in [0.3, 0.4) is 0 Å². The molecule has 1 aromatic carbocycles. The maximum absolute atomic E-state index is 11.5. The molecule has 0 heterocycles. The lowest BCUT2D eigenvalue weighted by atomic mass is 9.82. The lowest BCUT2D eigenvalue weighted by molar-refractivity contribution is -0.123. The van der Waals surface area contributed by atoms with Gasteiger partial charge in [0.2, 0.25) is 0 Å². The lowest BCUT2D eigenvalue weighted by Crippen LogP contribution is -2.39. The van der Waals surface area contributed by atoms with Crippen LogP contribution in [0.4, 0.5) is 0 Å². The van der Waals surface area contributed by atoms with E-state index in [1.807, 2.05) is 0 Å². The summed E-state index contributed by atoms with van der Waals surface area (Å²) in [5.41, 5.74) is 0. The Morgan fingerprint density at radius 3 is 2.94 bits per heavy atom. The summed E-state index contributed by atoms with van der Waals surface area (Å²) < 4.78 is 5.31. The fraction of sp³-hybridized carbons (Fsp3) is 0.462. The van der Waals surface area contributed by atoms with Gasteiger partial charge in [0.15, 0.2) is 6.61 Å². The van der Waals surface area contributed by atoms with Gasteiger partial charge < -0.3 is 15.2 Å². The van der Waals surface area contributed by atoms with Crippen LogP contribution in [0, 0.1) is 5.92 Å². The van der Waals surface area contributed by atoms with Gasteiger partial charge in [-0.25, -0.2) is 0 Å². The molecule has 2 N–H and O–H groups in total. The van der Waals surface area contributed by atoms with Crippen molar-refractivity contribution in [1.82, 2.24) is 5.32 Å². The summed E-state index contributed by atoms with van der Waals surface area (Å²) in [6.45, 7) is 0.588. The van der Waals surface area contributed by atoms with Gasteiger partial charge in [0, 0.05) is 11.6 Å². The Balaban J connectivity index is 1.65. The second kappa shape index (κ2) is 6.07. The topological polar surface area (TPSA) is 58.6 Å². The number of benzene rings is 1. The molecule has 98 valence electrons. The number of aliphatic hydroxyl groups is 1. The first-order valence-corrected chi connectivity index (χ1v) is 6.34. The average Bonchev–Trinajstić information content (AvgIpc) is 2.31. The van der Waals surface area contributed by atoms with Gasteiger partial charge >= 0.3 is 0 Å². The average molecular weight is 270 g/mol. The van der Waals surface area contributed by atoms with Crippen LogP contribution in [0.25, 0.3) is 0 Å². The van der Waals surface area contributed by atoms with Gasteiger partial charge in [0.1, 0.15) is 5.75 Å². The van der Waals surface area contributed by atoms with Crippen LogP contribution in [-0.2, 0) is 4.79 Å². The predicted molar refractivity (Wildman–Crippen MR) is 68.7 cm³/mol. The number of ether oxygens (including phenoxy) is 1. The summed E-state index contributed by atoms with van der Waals surface area (Å²) in [7, 11) is 0. The summed E-state index contributed by atoms with van der Waals surface area (Å²) >= 11 is 5.80. The lowest BCUT2D eigenvalue weighted by Gasteiger charge is -2.31. The van der Waals surface area contributed by atoms with Crippen molar-refractivity contribution in [1.29, 1.82) is 0 Å². The fourth-order valence-corrected chi connectivity index (χ4v) is 2.06. The highest BCUT2D eigenvalue weighted by Crippen LogP contribution is 2.26. The number of carbonyl (C=O) groups excluding carboxylic acids is 1. The van der Waals surface area contributed by atoms with Crippen molar-refractivity contribution in [3.05, 3.63) is 29.3 Å². The quantitative estimate of drug-likeness (QED) is 0.854. The van der Waals surface area contributed by atoms with Crippen molar-refractivity contribution in [2.45, 2.75) is 18.9 Å². The van der Waals surface area contributed by atoms with Gasteiger partial charge in [-0.05, 0) is 37.0 Å². The minimum absolute atomic E-state index is 0.0182. The number of halogens is 1. The van der Waals surface area contributed by atoms with E-state index in [2.05, 4.69) is 5.32 Å². The van der Waals surface area contributed by atoms with Crippen molar-refractivity contribution in [2.75, 3.05) is 13.2 Å². The Morgan fingerprint density at radius 2 is 2.28 bits per heavy atom. The number of hydrogen-bond donors (Lipinski definition) is 2. The molecule has 2 rings (SSSR count). The van der Waals surface area contributed by atoms with E-state index in [9.17, 15) is 4.79 Å². The van der Waals surface area contributed by atoms with E-state index < -0.39 is 0 Å². The predicted octanol–water partition coefficient (Wildman–Crippen LogP) is 1.61. The summed E-state index contributed by atoms with van der Waals surface area (Å²) in [4.78, 5) is 11.5. The molecule has 0 unspecified atom stereocenters. The third kappa shape index (κ3) is 3.89. The summed E-state index contributed by atoms with van der Waals surface area (Å²) in [5, 5.41) is 12.5. The molecule has 1 aliphatic carbocycles. The van der Waals surface area contributed by atoms with Crippen LogP contribution in [0.2, 0.25) is 5.02 Å². The summed E-state index contributed by atoms with van der Waals surface area (Å²) in [5.74, 6) is 0.822. The monoisotopic (exact) mass is 269 g/mol. The Bertz CT molecular complexity index is 418. The molecular formula is C13H16ClNO3. The molecule has 0 aromatic heterocycles. The second-order valence-corrected chi connectivity index (χ2v) is 4.98. The first kappa shape index (κ1) is 13.2. The molecule has 1 saturated carbocycles. The van der Waals surface area contributed by atoms with Crippen molar-refractivity contribution < 1.29 is 14.6 Å². The van der Waals surface area contributed by atoms with E-state index in [1.165, 1.54) is 0 Å². The molecule has 1 fully saturated rings. The van der Waals surface area contributed by atoms with Crippen LogP contribution in [-0.4, -0.2) is 30.3 Å². The van der Waals surface area contributed by atoms with E-state index in [4.69, 9.17) is 21.4 Å². The molecule has 0 bridgehead atoms. The van der Waals surface area contributed by atoms with Gasteiger partial charge in [0.05, 0.1) is 6.10 Å². The van der Waals surface area contributed by atoms with Gasteiger partial charge in [-0.15, -0.1) is 0 Å². The van der Waals surface area contributed by atoms with Crippen LogP contribution in [0.5, 0.6) is 5.75 Å². The SMILES string of the molecule is O=C(COc1cccc(Cl)c1)NCC1CC(O)C1. The van der Waals surface area contributed by atoms with E-state index >= 15 is 0 Å². The Hall–Kier alpha value is -1.26. The number of hydrogen-bond acceptors (Lipinski definition) is 3. The minimum atomic E-state index is -0.186. The minimum Gasteiger partial charge on any atom is -0.484 e. The van der Waals surface area contributed by atoms with E-state index in [0.717, 1.165) is 12.8 Å². The molecule has 0 radical (unpaired) electrons. The zero-order chi connectivity index (χ0) is 13.0. The maximum atomic E-state index is 11.5. The number of nitrogens with one attached hydrogen (secondary N) is 1. The molecule has 1 amide bonds. The van der Waals surface area contributed by atoms with Crippen LogP contribution < -0.4 is 10.1 Å². The maximum Gasteiger partial charge on any atom is 0.257 e. The third-order valence-electron chi connectivity index (χ3n) is 2.96. The van der Waals surface area contributed by atoms with Crippen molar-refractivity contribution >= 4 is 17.5 Å². The molecule has 0 aliphatic heterocycles. The van der Waals surface area contributed by atoms with Gasteiger partial charge in [-0.2, -0.15) is 0 Å². The summed E-state index contributed by atoms with van der Waals surface area (Å²) in [6.07, 6.45) is 1.36. The normalized spacial score (nSPS) is 22.1.